The van der Waals surface area contributed by atoms with E-state index in [9.17, 15) is 13.2 Å². The molecule has 0 unspecified atom stereocenters. The van der Waals surface area contributed by atoms with Gasteiger partial charge in [0.1, 0.15) is 0 Å². The second-order valence-electron chi connectivity index (χ2n) is 4.74. The number of amides is 1. The van der Waals surface area contributed by atoms with Crippen LogP contribution in [0.3, 0.4) is 0 Å². The van der Waals surface area contributed by atoms with Gasteiger partial charge in [0.05, 0.1) is 18.8 Å². The van der Waals surface area contributed by atoms with Gasteiger partial charge in [0.15, 0.2) is 5.76 Å². The van der Waals surface area contributed by atoms with Gasteiger partial charge in [-0.1, -0.05) is 0 Å². The van der Waals surface area contributed by atoms with E-state index in [2.05, 4.69) is 5.32 Å². The first kappa shape index (κ1) is 16.6. The predicted octanol–water partition coefficient (Wildman–Crippen LogP) is -0.997. The lowest BCUT2D eigenvalue weighted by Gasteiger charge is -2.25. The van der Waals surface area contributed by atoms with Gasteiger partial charge < -0.3 is 19.9 Å². The molecule has 0 aromatic carbocycles. The van der Waals surface area contributed by atoms with Crippen molar-refractivity contribution in [1.29, 1.82) is 0 Å². The van der Waals surface area contributed by atoms with Crippen LogP contribution in [-0.2, 0) is 10.0 Å². The summed E-state index contributed by atoms with van der Waals surface area (Å²) in [4.78, 5) is 11.9. The topological polar surface area (TPSA) is 120 Å². The Morgan fingerprint density at radius 1 is 1.35 bits per heavy atom. The monoisotopic (exact) mass is 306 g/mol. The van der Waals surface area contributed by atoms with E-state index in [1.165, 1.54) is 33.2 Å². The molecule has 1 aromatic heterocycles. The number of aliphatic hydroxyl groups excluding tert-OH is 2. The van der Waals surface area contributed by atoms with E-state index in [4.69, 9.17) is 14.6 Å². The maximum absolute atomic E-state index is 11.9. The van der Waals surface area contributed by atoms with Crippen LogP contribution in [0.1, 0.15) is 17.5 Å². The number of aliphatic hydroxyl groups is 2. The molecule has 114 valence electrons. The van der Waals surface area contributed by atoms with Crippen LogP contribution in [0.15, 0.2) is 21.6 Å². The summed E-state index contributed by atoms with van der Waals surface area (Å²) < 4.78 is 29.5. The third-order valence-electron chi connectivity index (χ3n) is 2.65. The normalized spacial score (nSPS) is 12.7. The van der Waals surface area contributed by atoms with Gasteiger partial charge in [0.25, 0.3) is 15.9 Å². The summed E-state index contributed by atoms with van der Waals surface area (Å²) in [5.41, 5.74) is -1.22. The van der Waals surface area contributed by atoms with Crippen molar-refractivity contribution in [2.75, 3.05) is 27.3 Å². The van der Waals surface area contributed by atoms with Crippen LogP contribution in [0.4, 0.5) is 0 Å². The Bertz CT molecular complexity index is 573. The van der Waals surface area contributed by atoms with Crippen LogP contribution in [0.2, 0.25) is 0 Å². The third kappa shape index (κ3) is 3.37. The van der Waals surface area contributed by atoms with Gasteiger partial charge in [-0.2, -0.15) is 0 Å². The van der Waals surface area contributed by atoms with Crippen LogP contribution in [0, 0.1) is 0 Å². The van der Waals surface area contributed by atoms with Crippen LogP contribution in [0.5, 0.6) is 0 Å². The van der Waals surface area contributed by atoms with Crippen LogP contribution >= 0.6 is 0 Å². The van der Waals surface area contributed by atoms with Crippen molar-refractivity contribution in [3.63, 3.8) is 0 Å². The Labute approximate surface area is 117 Å². The summed E-state index contributed by atoms with van der Waals surface area (Å²) >= 11 is 0. The van der Waals surface area contributed by atoms with Gasteiger partial charge in [-0.05, 0) is 19.1 Å². The van der Waals surface area contributed by atoms with Gasteiger partial charge in [-0.25, -0.2) is 12.7 Å². The van der Waals surface area contributed by atoms with E-state index >= 15 is 0 Å². The average molecular weight is 306 g/mol. The van der Waals surface area contributed by atoms with Crippen molar-refractivity contribution >= 4 is 15.9 Å². The standard InChI is InChI=1S/C11H18N2O6S/c1-11(6-14,7-15)12-10(16)8-4-5-9(19-8)20(17,18)13(2)3/h4-5,14-15H,6-7H2,1-3H3,(H,12,16). The SMILES string of the molecule is CN(C)S(=O)(=O)c1ccc(C(=O)NC(C)(CO)CO)o1. The molecule has 1 rings (SSSR count). The molecule has 1 amide bonds. The summed E-state index contributed by atoms with van der Waals surface area (Å²) in [5.74, 6) is -0.950. The summed E-state index contributed by atoms with van der Waals surface area (Å²) in [6.45, 7) is 0.489. The van der Waals surface area contributed by atoms with Crippen molar-refractivity contribution in [1.82, 2.24) is 9.62 Å². The van der Waals surface area contributed by atoms with Crippen LogP contribution in [0.25, 0.3) is 0 Å². The van der Waals surface area contributed by atoms with E-state index in [1.807, 2.05) is 0 Å². The molecule has 0 bridgehead atoms. The Morgan fingerprint density at radius 2 is 1.90 bits per heavy atom. The fraction of sp³-hybridized carbons (Fsp3) is 0.545. The van der Waals surface area contributed by atoms with Gasteiger partial charge in [-0.3, -0.25) is 4.79 Å². The number of sulfonamides is 1. The molecule has 9 heteroatoms. The van der Waals surface area contributed by atoms with Crippen molar-refractivity contribution < 1.29 is 27.8 Å². The fourth-order valence-corrected chi connectivity index (χ4v) is 2.02. The Balaban J connectivity index is 2.96. The van der Waals surface area contributed by atoms with Crippen LogP contribution < -0.4 is 5.32 Å². The quantitative estimate of drug-likeness (QED) is 0.620. The van der Waals surface area contributed by atoms with Crippen molar-refractivity contribution in [2.45, 2.75) is 17.6 Å². The second kappa shape index (κ2) is 5.92. The lowest BCUT2D eigenvalue weighted by atomic mass is 10.1. The minimum atomic E-state index is -3.76. The number of rotatable bonds is 6. The highest BCUT2D eigenvalue weighted by Crippen LogP contribution is 2.17. The lowest BCUT2D eigenvalue weighted by Crippen LogP contribution is -2.51. The van der Waals surface area contributed by atoms with Gasteiger partial charge in [0, 0.05) is 14.1 Å². The number of carbonyl (C=O) groups excluding carboxylic acids is 1. The number of nitrogens with one attached hydrogen (secondary N) is 1. The Kier molecular flexibility index (Phi) is 4.92. The maximum Gasteiger partial charge on any atom is 0.287 e. The van der Waals surface area contributed by atoms with E-state index in [0.717, 1.165) is 4.31 Å². The first-order chi connectivity index (χ1) is 9.16. The number of carbonyl (C=O) groups is 1. The molecular weight excluding hydrogens is 288 g/mol. The largest absolute Gasteiger partial charge is 0.438 e. The van der Waals surface area contributed by atoms with Crippen molar-refractivity contribution in [2.24, 2.45) is 0 Å². The lowest BCUT2D eigenvalue weighted by molar-refractivity contribution is 0.0696. The average Bonchev–Trinajstić information content (AvgIpc) is 2.88. The highest BCUT2D eigenvalue weighted by atomic mass is 32.2. The number of nitrogens with zero attached hydrogens (tertiary/aromatic N) is 1. The summed E-state index contributed by atoms with van der Waals surface area (Å²) in [6, 6.07) is 2.38. The molecule has 3 N–H and O–H groups in total. The first-order valence-electron chi connectivity index (χ1n) is 5.73. The molecule has 0 aliphatic carbocycles. The Hall–Kier alpha value is -1.42. The molecule has 0 saturated carbocycles. The van der Waals surface area contributed by atoms with Gasteiger partial charge >= 0.3 is 0 Å². The molecule has 0 saturated heterocycles. The van der Waals surface area contributed by atoms with E-state index < -0.39 is 34.7 Å². The smallest absolute Gasteiger partial charge is 0.287 e. The van der Waals surface area contributed by atoms with Crippen molar-refractivity contribution in [3.8, 4) is 0 Å². The molecule has 0 spiro atoms. The molecule has 0 fully saturated rings. The Morgan fingerprint density at radius 3 is 2.35 bits per heavy atom. The number of hydrogen-bond donors (Lipinski definition) is 3. The summed E-state index contributed by atoms with van der Waals surface area (Å²) in [7, 11) is -1.08. The van der Waals surface area contributed by atoms with Gasteiger partial charge in [-0.15, -0.1) is 0 Å². The molecule has 20 heavy (non-hydrogen) atoms. The minimum absolute atomic E-state index is 0.224. The second-order valence-corrected chi connectivity index (χ2v) is 6.82. The molecular formula is C11H18N2O6S. The zero-order valence-corrected chi connectivity index (χ0v) is 12.3. The molecule has 0 aliphatic heterocycles. The third-order valence-corrected chi connectivity index (χ3v) is 4.34. The molecule has 0 radical (unpaired) electrons. The van der Waals surface area contributed by atoms with Crippen molar-refractivity contribution in [3.05, 3.63) is 17.9 Å². The maximum atomic E-state index is 11.9. The molecule has 0 aliphatic rings. The predicted molar refractivity (Wildman–Crippen MR) is 69.6 cm³/mol. The zero-order chi connectivity index (χ0) is 15.6. The fourth-order valence-electron chi connectivity index (χ4n) is 1.23. The molecule has 0 atom stereocenters. The minimum Gasteiger partial charge on any atom is -0.438 e. The molecule has 8 nitrogen and oxygen atoms in total. The summed E-state index contributed by atoms with van der Waals surface area (Å²) in [5, 5.41) is 20.2. The number of furan rings is 1. The van der Waals surface area contributed by atoms with Crippen LogP contribution in [-0.4, -0.2) is 61.7 Å². The summed E-state index contributed by atoms with van der Waals surface area (Å²) in [6.07, 6.45) is 0. The highest BCUT2D eigenvalue weighted by Gasteiger charge is 2.28. The zero-order valence-electron chi connectivity index (χ0n) is 11.5. The number of hydrogen-bond acceptors (Lipinski definition) is 6. The van der Waals surface area contributed by atoms with Gasteiger partial charge in [0.2, 0.25) is 5.09 Å². The van der Waals surface area contributed by atoms with E-state index in [-0.39, 0.29) is 10.9 Å². The first-order valence-corrected chi connectivity index (χ1v) is 7.17. The van der Waals surface area contributed by atoms with E-state index in [1.54, 1.807) is 0 Å². The molecule has 1 heterocycles. The van der Waals surface area contributed by atoms with E-state index in [0.29, 0.717) is 0 Å². The molecule has 1 aromatic rings. The highest BCUT2D eigenvalue weighted by molar-refractivity contribution is 7.88.